The molecule has 0 aromatic heterocycles. The van der Waals surface area contributed by atoms with Gasteiger partial charge in [0.2, 0.25) is 0 Å². The van der Waals surface area contributed by atoms with Crippen molar-refractivity contribution in [2.24, 2.45) is 0 Å². The summed E-state index contributed by atoms with van der Waals surface area (Å²) in [7, 11) is 0. The van der Waals surface area contributed by atoms with Gasteiger partial charge in [-0.3, -0.25) is 0 Å². The number of hydrogen-bond donors (Lipinski definition) is 2. The van der Waals surface area contributed by atoms with Crippen molar-refractivity contribution in [3.05, 3.63) is 9.41 Å². The molecule has 0 aromatic carbocycles. The first kappa shape index (κ1) is 13.3. The van der Waals surface area contributed by atoms with E-state index < -0.39 is 34.8 Å². The Morgan fingerprint density at radius 2 is 1.92 bits per heavy atom. The van der Waals surface area contributed by atoms with E-state index in [1.54, 1.807) is 3.83 Å². The van der Waals surface area contributed by atoms with Crippen molar-refractivity contribution >= 4 is 62.0 Å². The maximum atomic E-state index is 10.7. The summed E-state index contributed by atoms with van der Waals surface area (Å²) >= 11 is -0.634. The van der Waals surface area contributed by atoms with Crippen molar-refractivity contribution in [3.63, 3.8) is 0 Å². The van der Waals surface area contributed by atoms with Gasteiger partial charge in [-0.2, -0.15) is 0 Å². The first-order valence-corrected chi connectivity index (χ1v) is 9.51. The second kappa shape index (κ2) is 6.70. The van der Waals surface area contributed by atoms with Gasteiger partial charge in [-0.1, -0.05) is 0 Å². The minimum absolute atomic E-state index is 0.0259. The first-order valence-electron chi connectivity index (χ1n) is 3.63. The van der Waals surface area contributed by atoms with E-state index in [1.807, 2.05) is 6.92 Å². The molecule has 0 fully saturated rings. The van der Waals surface area contributed by atoms with Crippen LogP contribution >= 0.6 is 0 Å². The van der Waals surface area contributed by atoms with Crippen molar-refractivity contribution in [3.8, 4) is 0 Å². The molecule has 0 aliphatic rings. The molecule has 0 saturated carbocycles. The number of hydrogen-bond acceptors (Lipinski definition) is 2. The SMILES string of the molecule is C[CH2][In]/[CH]=C(/C(=O)O)[C](=[In])C(=O)O. The summed E-state index contributed by atoms with van der Waals surface area (Å²) in [6, 6.07) is 0. The van der Waals surface area contributed by atoms with Gasteiger partial charge >= 0.3 is 102 Å². The van der Waals surface area contributed by atoms with E-state index >= 15 is 0 Å². The molecule has 66 valence electrons. The molecule has 2 N–H and O–H groups in total. The zero-order chi connectivity index (χ0) is 10.4. The Bertz CT molecular complexity index is 270. The average molecular weight is 386 g/mol. The third kappa shape index (κ3) is 4.90. The van der Waals surface area contributed by atoms with E-state index in [2.05, 4.69) is 0 Å². The zero-order valence-electron chi connectivity index (χ0n) is 7.15. The Labute approximate surface area is 101 Å². The van der Waals surface area contributed by atoms with E-state index in [-0.39, 0.29) is 8.83 Å². The second-order valence-electron chi connectivity index (χ2n) is 2.25. The van der Waals surface area contributed by atoms with E-state index in [9.17, 15) is 9.59 Å². The van der Waals surface area contributed by atoms with Crippen LogP contribution in [0.1, 0.15) is 6.92 Å². The normalized spacial score (nSPS) is 10.6. The van der Waals surface area contributed by atoms with Crippen molar-refractivity contribution < 1.29 is 19.8 Å². The molecule has 0 heterocycles. The van der Waals surface area contributed by atoms with Crippen molar-refractivity contribution in [1.29, 1.82) is 0 Å². The van der Waals surface area contributed by atoms with E-state index in [4.69, 9.17) is 10.2 Å². The molecular formula is C7H8In2O4. The third-order valence-corrected chi connectivity index (χ3v) is 5.83. The standard InChI is InChI=1S/C5H3O4.C2H5.2In/c1-3(5(8)9)2-4(6)7;1-2;;/h1H,(H,6,7)(H,8,9);1H2,2H3;;. The van der Waals surface area contributed by atoms with Crippen LogP contribution < -0.4 is 0 Å². The van der Waals surface area contributed by atoms with Crippen LogP contribution in [0.3, 0.4) is 0 Å². The number of carboxylic acids is 2. The molecule has 0 aliphatic carbocycles. The van der Waals surface area contributed by atoms with Crippen LogP contribution in [0, 0.1) is 0 Å². The number of rotatable bonds is 5. The molecule has 0 unspecified atom stereocenters. The molecule has 4 nitrogen and oxygen atoms in total. The van der Waals surface area contributed by atoms with Crippen molar-refractivity contribution in [2.75, 3.05) is 0 Å². The van der Waals surface area contributed by atoms with Gasteiger partial charge in [0.25, 0.3) is 0 Å². The fourth-order valence-corrected chi connectivity index (χ4v) is 5.09. The summed E-state index contributed by atoms with van der Waals surface area (Å²) in [5.41, 5.74) is 0.0259. The van der Waals surface area contributed by atoms with Gasteiger partial charge in [-0.05, 0) is 0 Å². The predicted molar refractivity (Wildman–Crippen MR) is 50.4 cm³/mol. The summed E-state index contributed by atoms with van der Waals surface area (Å²) in [4.78, 5) is 21.2. The number of carbonyl (C=O) groups is 2. The summed E-state index contributed by atoms with van der Waals surface area (Å²) in [5.74, 6) is -2.21. The molecule has 0 saturated heterocycles. The monoisotopic (exact) mass is 386 g/mol. The van der Waals surface area contributed by atoms with Gasteiger partial charge in [0.15, 0.2) is 0 Å². The topological polar surface area (TPSA) is 74.6 Å². The Kier molecular flexibility index (Phi) is 6.85. The van der Waals surface area contributed by atoms with E-state index in [1.165, 1.54) is 0 Å². The fourth-order valence-electron chi connectivity index (χ4n) is 0.627. The number of carboxylic acid groups (broad SMARTS) is 2. The molecule has 6 heteroatoms. The Balaban J connectivity index is 4.71. The molecule has 0 aliphatic heterocycles. The Morgan fingerprint density at radius 1 is 1.38 bits per heavy atom. The molecule has 13 heavy (non-hydrogen) atoms. The van der Waals surface area contributed by atoms with Crippen LogP contribution in [-0.2, 0) is 9.59 Å². The Morgan fingerprint density at radius 3 is 2.23 bits per heavy atom. The fraction of sp³-hybridized carbons (Fsp3) is 0.286. The van der Waals surface area contributed by atoms with E-state index in [0.717, 1.165) is 4.18 Å². The molecule has 0 amide bonds. The summed E-state index contributed by atoms with van der Waals surface area (Å²) in [5, 5.41) is 17.3. The van der Waals surface area contributed by atoms with Crippen LogP contribution in [0.5, 0.6) is 0 Å². The summed E-state index contributed by atoms with van der Waals surface area (Å²) < 4.78 is 2.71. The van der Waals surface area contributed by atoms with Crippen molar-refractivity contribution in [2.45, 2.75) is 11.1 Å². The molecule has 0 atom stereocenters. The van der Waals surface area contributed by atoms with Crippen LogP contribution in [0.15, 0.2) is 9.41 Å². The van der Waals surface area contributed by atoms with E-state index in [0.29, 0.717) is 23.9 Å². The predicted octanol–water partition coefficient (Wildman–Crippen LogP) is -0.477. The van der Waals surface area contributed by atoms with Crippen LogP contribution in [0.4, 0.5) is 0 Å². The quantitative estimate of drug-likeness (QED) is 0.627. The second-order valence-corrected chi connectivity index (χ2v) is 8.52. The molecule has 2 radical (unpaired) electrons. The van der Waals surface area contributed by atoms with Crippen LogP contribution in [0.25, 0.3) is 0 Å². The molecule has 0 aromatic rings. The van der Waals surface area contributed by atoms with Gasteiger partial charge in [-0.25, -0.2) is 0 Å². The molecule has 0 bridgehead atoms. The summed E-state index contributed by atoms with van der Waals surface area (Å²) in [6.07, 6.45) is 0. The number of aliphatic carboxylic acids is 2. The Hall–Kier alpha value is 0.290. The minimum atomic E-state index is -1.11. The molecular weight excluding hydrogens is 378 g/mol. The summed E-state index contributed by atoms with van der Waals surface area (Å²) in [6.45, 7) is 1.99. The average Bonchev–Trinajstić information content (AvgIpc) is 2.04. The maximum absolute atomic E-state index is 10.7. The molecule has 0 rings (SSSR count). The first-order chi connectivity index (χ1) is 6.00. The van der Waals surface area contributed by atoms with Crippen LogP contribution in [-0.4, -0.2) is 72.2 Å². The zero-order valence-corrected chi connectivity index (χ0v) is 13.7. The van der Waals surface area contributed by atoms with Crippen LogP contribution in [0.2, 0.25) is 4.18 Å². The van der Waals surface area contributed by atoms with Gasteiger partial charge in [0, 0.05) is 0 Å². The van der Waals surface area contributed by atoms with Gasteiger partial charge in [0.1, 0.15) is 0 Å². The van der Waals surface area contributed by atoms with Gasteiger partial charge in [-0.15, -0.1) is 0 Å². The molecule has 0 spiro atoms. The van der Waals surface area contributed by atoms with Gasteiger partial charge < -0.3 is 0 Å². The van der Waals surface area contributed by atoms with Gasteiger partial charge in [0.05, 0.1) is 0 Å². The third-order valence-electron chi connectivity index (χ3n) is 1.27. The van der Waals surface area contributed by atoms with Crippen molar-refractivity contribution in [1.82, 2.24) is 0 Å².